The van der Waals surface area contributed by atoms with Crippen LogP contribution in [0.5, 0.6) is 0 Å². The molecule has 0 bridgehead atoms. The molecule has 7 heteroatoms. The van der Waals surface area contributed by atoms with Gasteiger partial charge in [-0.3, -0.25) is 5.10 Å². The predicted molar refractivity (Wildman–Crippen MR) is 84.1 cm³/mol. The number of nitrogens with zero attached hydrogens (tertiary/aromatic N) is 2. The van der Waals surface area contributed by atoms with Gasteiger partial charge in [-0.2, -0.15) is 5.10 Å². The zero-order chi connectivity index (χ0) is 15.0. The minimum atomic E-state index is -3.08. The summed E-state index contributed by atoms with van der Waals surface area (Å²) < 4.78 is 25.4. The van der Waals surface area contributed by atoms with Gasteiger partial charge in [0, 0.05) is 23.5 Å². The minimum absolute atomic E-state index is 0.167. The molecule has 21 heavy (non-hydrogen) atoms. The normalized spacial score (nSPS) is 18.4. The average Bonchev–Trinajstić information content (AvgIpc) is 2.94. The van der Waals surface area contributed by atoms with E-state index in [0.717, 1.165) is 23.7 Å². The molecule has 1 saturated heterocycles. The zero-order valence-electron chi connectivity index (χ0n) is 11.8. The van der Waals surface area contributed by atoms with Crippen LogP contribution in [0.4, 0.5) is 0 Å². The molecule has 3 rings (SSSR count). The van der Waals surface area contributed by atoms with Crippen molar-refractivity contribution in [3.05, 3.63) is 28.9 Å². The number of H-pyrrole nitrogens is 1. The number of nitrogens with one attached hydrogen (secondary N) is 1. The van der Waals surface area contributed by atoms with E-state index in [1.807, 2.05) is 18.3 Å². The molecule has 0 atom stereocenters. The summed E-state index contributed by atoms with van der Waals surface area (Å²) in [6, 6.07) is 3.85. The van der Waals surface area contributed by atoms with E-state index in [-0.39, 0.29) is 5.75 Å². The lowest BCUT2D eigenvalue weighted by Crippen LogP contribution is -2.38. The van der Waals surface area contributed by atoms with E-state index in [0.29, 0.717) is 24.0 Å². The smallest absolute Gasteiger partial charge is 0.213 e. The molecule has 1 aliphatic heterocycles. The maximum absolute atomic E-state index is 11.9. The summed E-state index contributed by atoms with van der Waals surface area (Å²) in [7, 11) is -3.08. The number of hydrogen-bond acceptors (Lipinski definition) is 3. The Morgan fingerprint density at radius 1 is 1.38 bits per heavy atom. The van der Waals surface area contributed by atoms with Crippen molar-refractivity contribution in [2.24, 2.45) is 0 Å². The third kappa shape index (κ3) is 2.80. The first-order valence-corrected chi connectivity index (χ1v) is 9.10. The number of sulfonamides is 1. The van der Waals surface area contributed by atoms with Gasteiger partial charge in [0.25, 0.3) is 0 Å². The van der Waals surface area contributed by atoms with Crippen LogP contribution in [0.3, 0.4) is 0 Å². The molecule has 0 saturated carbocycles. The molecule has 2 aromatic rings. The number of aromatic amines is 1. The lowest BCUT2D eigenvalue weighted by atomic mass is 9.88. The Bertz CT molecular complexity index is 749. The topological polar surface area (TPSA) is 66.1 Å². The lowest BCUT2D eigenvalue weighted by molar-refractivity contribution is 0.321. The molecular formula is C14H18ClN3O2S. The van der Waals surface area contributed by atoms with Gasteiger partial charge in [0.2, 0.25) is 10.0 Å². The summed E-state index contributed by atoms with van der Waals surface area (Å²) in [6.45, 7) is 2.84. The van der Waals surface area contributed by atoms with Gasteiger partial charge in [-0.25, -0.2) is 12.7 Å². The van der Waals surface area contributed by atoms with Crippen molar-refractivity contribution >= 4 is 32.5 Å². The van der Waals surface area contributed by atoms with Crippen LogP contribution in [0.1, 0.15) is 31.2 Å². The van der Waals surface area contributed by atoms with Gasteiger partial charge in [0.05, 0.1) is 17.5 Å². The SMILES string of the molecule is CCS(=O)(=O)N1CCC(c2cc(Cl)cc3[nH]ncc23)CC1. The molecule has 0 aliphatic carbocycles. The zero-order valence-corrected chi connectivity index (χ0v) is 13.4. The van der Waals surface area contributed by atoms with Crippen molar-refractivity contribution in [2.45, 2.75) is 25.7 Å². The van der Waals surface area contributed by atoms with Gasteiger partial charge in [-0.15, -0.1) is 0 Å². The highest BCUT2D eigenvalue weighted by molar-refractivity contribution is 7.89. The molecule has 0 amide bonds. The second-order valence-electron chi connectivity index (χ2n) is 5.40. The minimum Gasteiger partial charge on any atom is -0.278 e. The van der Waals surface area contributed by atoms with Crippen molar-refractivity contribution in [1.29, 1.82) is 0 Å². The quantitative estimate of drug-likeness (QED) is 0.942. The van der Waals surface area contributed by atoms with Crippen LogP contribution < -0.4 is 0 Å². The van der Waals surface area contributed by atoms with E-state index in [1.165, 1.54) is 5.56 Å². The first-order valence-electron chi connectivity index (χ1n) is 7.11. The number of halogens is 1. The number of hydrogen-bond donors (Lipinski definition) is 1. The van der Waals surface area contributed by atoms with Gasteiger partial charge < -0.3 is 0 Å². The van der Waals surface area contributed by atoms with Crippen LogP contribution in [0.15, 0.2) is 18.3 Å². The predicted octanol–water partition coefficient (Wildman–Crippen LogP) is 2.75. The van der Waals surface area contributed by atoms with Gasteiger partial charge in [-0.1, -0.05) is 11.6 Å². The van der Waals surface area contributed by atoms with E-state index in [9.17, 15) is 8.42 Å². The first kappa shape index (κ1) is 14.8. The van der Waals surface area contributed by atoms with Crippen molar-refractivity contribution in [3.8, 4) is 0 Å². The molecule has 0 unspecified atom stereocenters. The van der Waals surface area contributed by atoms with Crippen LogP contribution in [0, 0.1) is 0 Å². The van der Waals surface area contributed by atoms with Crippen molar-refractivity contribution in [3.63, 3.8) is 0 Å². The molecule has 2 heterocycles. The highest BCUT2D eigenvalue weighted by Crippen LogP contribution is 2.35. The molecule has 1 fully saturated rings. The standard InChI is InChI=1S/C14H18ClN3O2S/c1-2-21(19,20)18-5-3-10(4-6-18)12-7-11(15)8-14-13(12)9-16-17-14/h7-10H,2-6H2,1H3,(H,16,17). The van der Waals surface area contributed by atoms with Gasteiger partial charge in [0.1, 0.15) is 0 Å². The highest BCUT2D eigenvalue weighted by Gasteiger charge is 2.28. The Morgan fingerprint density at radius 2 is 2.10 bits per heavy atom. The van der Waals surface area contributed by atoms with E-state index >= 15 is 0 Å². The Balaban J connectivity index is 1.85. The molecule has 1 aromatic carbocycles. The maximum atomic E-state index is 11.9. The lowest BCUT2D eigenvalue weighted by Gasteiger charge is -2.31. The fourth-order valence-electron chi connectivity index (χ4n) is 3.01. The number of aromatic nitrogens is 2. The second kappa shape index (κ2) is 5.59. The summed E-state index contributed by atoms with van der Waals surface area (Å²) in [5.41, 5.74) is 2.10. The van der Waals surface area contributed by atoms with E-state index < -0.39 is 10.0 Å². The third-order valence-electron chi connectivity index (χ3n) is 4.21. The van der Waals surface area contributed by atoms with E-state index in [2.05, 4.69) is 10.2 Å². The molecule has 1 aliphatic rings. The van der Waals surface area contributed by atoms with Crippen molar-refractivity contribution in [2.75, 3.05) is 18.8 Å². The monoisotopic (exact) mass is 327 g/mol. The van der Waals surface area contributed by atoms with Crippen LogP contribution in [0.2, 0.25) is 5.02 Å². The Labute approximate surface area is 129 Å². The summed E-state index contributed by atoms with van der Waals surface area (Å²) in [4.78, 5) is 0. The van der Waals surface area contributed by atoms with E-state index in [4.69, 9.17) is 11.6 Å². The summed E-state index contributed by atoms with van der Waals surface area (Å²) in [5.74, 6) is 0.493. The van der Waals surface area contributed by atoms with Crippen LogP contribution in [-0.2, 0) is 10.0 Å². The molecule has 0 spiro atoms. The van der Waals surface area contributed by atoms with Gasteiger partial charge in [-0.05, 0) is 43.4 Å². The molecule has 1 aromatic heterocycles. The maximum Gasteiger partial charge on any atom is 0.213 e. The number of fused-ring (bicyclic) bond motifs is 1. The summed E-state index contributed by atoms with van der Waals surface area (Å²) in [5, 5.41) is 8.78. The summed E-state index contributed by atoms with van der Waals surface area (Å²) in [6.07, 6.45) is 3.45. The van der Waals surface area contributed by atoms with Gasteiger partial charge >= 0.3 is 0 Å². The highest BCUT2D eigenvalue weighted by atomic mass is 35.5. The average molecular weight is 328 g/mol. The molecular weight excluding hydrogens is 310 g/mol. The van der Waals surface area contributed by atoms with Crippen molar-refractivity contribution in [1.82, 2.24) is 14.5 Å². The molecule has 1 N–H and O–H groups in total. The largest absolute Gasteiger partial charge is 0.278 e. The number of piperidine rings is 1. The Morgan fingerprint density at radius 3 is 2.76 bits per heavy atom. The molecule has 114 valence electrons. The number of rotatable bonds is 3. The number of benzene rings is 1. The van der Waals surface area contributed by atoms with Crippen LogP contribution >= 0.6 is 11.6 Å². The Kier molecular flexibility index (Phi) is 3.94. The van der Waals surface area contributed by atoms with Gasteiger partial charge in [0.15, 0.2) is 0 Å². The summed E-state index contributed by atoms with van der Waals surface area (Å²) >= 11 is 6.17. The van der Waals surface area contributed by atoms with Crippen LogP contribution in [-0.4, -0.2) is 41.8 Å². The fourth-order valence-corrected chi connectivity index (χ4v) is 4.37. The Hall–Kier alpha value is -1.11. The third-order valence-corrected chi connectivity index (χ3v) is 6.31. The molecule has 5 nitrogen and oxygen atoms in total. The molecule has 0 radical (unpaired) electrons. The first-order chi connectivity index (χ1) is 10.0. The second-order valence-corrected chi connectivity index (χ2v) is 8.09. The van der Waals surface area contributed by atoms with Crippen LogP contribution in [0.25, 0.3) is 10.9 Å². The van der Waals surface area contributed by atoms with Crippen molar-refractivity contribution < 1.29 is 8.42 Å². The van der Waals surface area contributed by atoms with E-state index in [1.54, 1.807) is 11.2 Å². The fraction of sp³-hybridized carbons (Fsp3) is 0.500.